The van der Waals surface area contributed by atoms with Crippen LogP contribution in [0.15, 0.2) is 12.7 Å². The summed E-state index contributed by atoms with van der Waals surface area (Å²) in [5.74, 6) is 0.324. The molecule has 0 unspecified atom stereocenters. The molecule has 22 heavy (non-hydrogen) atoms. The van der Waals surface area contributed by atoms with E-state index in [1.54, 1.807) is 4.57 Å². The number of aliphatic hydroxyl groups is 4. The molecule has 0 amide bonds. The summed E-state index contributed by atoms with van der Waals surface area (Å²) in [7, 11) is 0. The maximum atomic E-state index is 10.1. The minimum absolute atomic E-state index is 0.0857. The van der Waals surface area contributed by atoms with Crippen molar-refractivity contribution in [3.8, 4) is 0 Å². The minimum atomic E-state index is -1.22. The average molecular weight is 312 g/mol. The van der Waals surface area contributed by atoms with E-state index in [9.17, 15) is 10.2 Å². The topological polar surface area (TPSA) is 151 Å². The van der Waals surface area contributed by atoms with E-state index >= 15 is 0 Å². The zero-order chi connectivity index (χ0) is 15.9. The van der Waals surface area contributed by atoms with Gasteiger partial charge >= 0.3 is 0 Å². The summed E-state index contributed by atoms with van der Waals surface area (Å²) in [6.07, 6.45) is -1.36. The molecular weight excluding hydrogens is 294 g/mol. The van der Waals surface area contributed by atoms with Crippen LogP contribution in [0.1, 0.15) is 6.23 Å². The number of nitrogens with zero attached hydrogens (tertiary/aromatic N) is 4. The van der Waals surface area contributed by atoms with Crippen LogP contribution < -0.4 is 10.3 Å². The quantitative estimate of drug-likeness (QED) is 0.373. The Hall–Kier alpha value is -1.85. The van der Waals surface area contributed by atoms with Gasteiger partial charge in [0.05, 0.1) is 19.8 Å². The number of nitrogens with two attached hydrogens (primary N) is 1. The van der Waals surface area contributed by atoms with E-state index in [-0.39, 0.29) is 13.2 Å². The summed E-state index contributed by atoms with van der Waals surface area (Å²) in [5.41, 5.74) is 6.75. The van der Waals surface area contributed by atoms with Crippen molar-refractivity contribution in [2.75, 3.05) is 18.9 Å². The maximum Gasteiger partial charge on any atom is 0.250 e. The smallest absolute Gasteiger partial charge is 0.250 e. The van der Waals surface area contributed by atoms with Crippen molar-refractivity contribution in [2.24, 2.45) is 0 Å². The number of rotatable bonds is 4. The molecule has 1 saturated heterocycles. The van der Waals surface area contributed by atoms with E-state index in [4.69, 9.17) is 20.7 Å². The third-order valence-electron chi connectivity index (χ3n) is 3.77. The lowest BCUT2D eigenvalue weighted by molar-refractivity contribution is -0.685. The maximum absolute atomic E-state index is 10.1. The highest BCUT2D eigenvalue weighted by Gasteiger charge is 2.44. The SMILES string of the molecule is Nc1c2ncn([C@@H]3O[C@H](CO)[C@@H](O)[C@H]3O)c2nc[n+]1CCO. The second kappa shape index (κ2) is 5.74. The number of aromatic nitrogens is 4. The van der Waals surface area contributed by atoms with Crippen LogP contribution in [-0.2, 0) is 11.3 Å². The average Bonchev–Trinajstić information content (AvgIpc) is 3.05. The molecule has 1 aliphatic rings. The fourth-order valence-electron chi connectivity index (χ4n) is 2.57. The molecule has 0 aromatic carbocycles. The van der Waals surface area contributed by atoms with Gasteiger partial charge in [0.25, 0.3) is 5.82 Å². The molecule has 0 spiro atoms. The number of nitrogen functional groups attached to an aromatic ring is 1. The highest BCUT2D eigenvalue weighted by Crippen LogP contribution is 2.31. The van der Waals surface area contributed by atoms with Gasteiger partial charge in [-0.15, -0.1) is 0 Å². The van der Waals surface area contributed by atoms with Crippen LogP contribution >= 0.6 is 0 Å². The third-order valence-corrected chi connectivity index (χ3v) is 3.77. The Morgan fingerprint density at radius 2 is 2.05 bits per heavy atom. The lowest BCUT2D eigenvalue weighted by atomic mass is 10.1. The van der Waals surface area contributed by atoms with E-state index in [0.29, 0.717) is 17.0 Å². The number of ether oxygens (including phenoxy) is 1. The molecule has 2 aromatic heterocycles. The van der Waals surface area contributed by atoms with Gasteiger partial charge in [0.2, 0.25) is 12.0 Å². The van der Waals surface area contributed by atoms with Crippen molar-refractivity contribution >= 4 is 17.0 Å². The summed E-state index contributed by atoms with van der Waals surface area (Å²) in [4.78, 5) is 8.37. The second-order valence-corrected chi connectivity index (χ2v) is 5.10. The predicted octanol–water partition coefficient (Wildman–Crippen LogP) is -3.10. The van der Waals surface area contributed by atoms with Gasteiger partial charge in [-0.25, -0.2) is 9.55 Å². The molecule has 0 bridgehead atoms. The number of anilines is 1. The summed E-state index contributed by atoms with van der Waals surface area (Å²) in [5, 5.41) is 38.0. The van der Waals surface area contributed by atoms with Crippen LogP contribution in [0.2, 0.25) is 0 Å². The number of hydrogen-bond donors (Lipinski definition) is 5. The van der Waals surface area contributed by atoms with Gasteiger partial charge in [0, 0.05) is 0 Å². The Labute approximate surface area is 125 Å². The van der Waals surface area contributed by atoms with Crippen LogP contribution in [0, 0.1) is 0 Å². The standard InChI is InChI=1S/C12H17N5O5/c13-10-7-11(15-4-16(10)1-2-18)17(5-14-7)12-9(21)8(20)6(3-19)22-12/h4-6,8-9,12-13,18-21H,1-3H2/p+1/t6-,8-,9-,12-/m1/s1. The second-order valence-electron chi connectivity index (χ2n) is 5.10. The Balaban J connectivity index is 2.01. The van der Waals surface area contributed by atoms with E-state index in [1.807, 2.05) is 0 Å². The van der Waals surface area contributed by atoms with Gasteiger partial charge in [0.15, 0.2) is 11.7 Å². The number of aliphatic hydroxyl groups excluding tert-OH is 4. The first-order chi connectivity index (χ1) is 10.6. The van der Waals surface area contributed by atoms with E-state index in [1.165, 1.54) is 17.2 Å². The van der Waals surface area contributed by atoms with Gasteiger partial charge in [-0.1, -0.05) is 4.98 Å². The predicted molar refractivity (Wildman–Crippen MR) is 72.2 cm³/mol. The highest BCUT2D eigenvalue weighted by atomic mass is 16.6. The Bertz CT molecular complexity index is 677. The Kier molecular flexibility index (Phi) is 3.93. The molecule has 4 atom stereocenters. The van der Waals surface area contributed by atoms with E-state index < -0.39 is 31.1 Å². The van der Waals surface area contributed by atoms with Crippen molar-refractivity contribution in [3.05, 3.63) is 12.7 Å². The fraction of sp³-hybridized carbons (Fsp3) is 0.583. The van der Waals surface area contributed by atoms with Gasteiger partial charge in [-0.2, -0.15) is 0 Å². The van der Waals surface area contributed by atoms with Crippen LogP contribution in [0.4, 0.5) is 5.82 Å². The van der Waals surface area contributed by atoms with Crippen molar-refractivity contribution in [2.45, 2.75) is 31.1 Å². The van der Waals surface area contributed by atoms with Crippen LogP contribution in [0.5, 0.6) is 0 Å². The van der Waals surface area contributed by atoms with Crippen LogP contribution in [0.25, 0.3) is 11.2 Å². The monoisotopic (exact) mass is 312 g/mol. The number of imidazole rings is 1. The molecular formula is C12H18N5O5+. The summed E-state index contributed by atoms with van der Waals surface area (Å²) >= 11 is 0. The molecule has 6 N–H and O–H groups in total. The molecule has 1 fully saturated rings. The molecule has 1 aliphatic heterocycles. The van der Waals surface area contributed by atoms with E-state index in [2.05, 4.69) is 9.97 Å². The van der Waals surface area contributed by atoms with Gasteiger partial charge < -0.3 is 30.9 Å². The molecule has 0 saturated carbocycles. The first-order valence-electron chi connectivity index (χ1n) is 6.82. The minimum Gasteiger partial charge on any atom is -0.394 e. The van der Waals surface area contributed by atoms with Crippen molar-refractivity contribution in [1.29, 1.82) is 0 Å². The Morgan fingerprint density at radius 3 is 2.68 bits per heavy atom. The molecule has 3 rings (SSSR count). The molecule has 10 heteroatoms. The lowest BCUT2D eigenvalue weighted by Crippen LogP contribution is -2.39. The zero-order valence-electron chi connectivity index (χ0n) is 11.6. The molecule has 120 valence electrons. The first-order valence-corrected chi connectivity index (χ1v) is 6.82. The summed E-state index contributed by atoms with van der Waals surface area (Å²) in [6, 6.07) is 0. The molecule has 2 aromatic rings. The first kappa shape index (κ1) is 15.1. The van der Waals surface area contributed by atoms with Gasteiger partial charge in [-0.05, 0) is 0 Å². The molecule has 10 nitrogen and oxygen atoms in total. The van der Waals surface area contributed by atoms with E-state index in [0.717, 1.165) is 0 Å². The summed E-state index contributed by atoms with van der Waals surface area (Å²) in [6.45, 7) is -0.208. The molecule has 0 radical (unpaired) electrons. The largest absolute Gasteiger partial charge is 0.394 e. The number of hydrogen-bond acceptors (Lipinski definition) is 8. The lowest BCUT2D eigenvalue weighted by Gasteiger charge is -2.15. The van der Waals surface area contributed by atoms with Crippen LogP contribution in [-0.4, -0.2) is 66.5 Å². The zero-order valence-corrected chi connectivity index (χ0v) is 11.6. The fourth-order valence-corrected chi connectivity index (χ4v) is 2.57. The van der Waals surface area contributed by atoms with Gasteiger partial charge in [-0.3, -0.25) is 4.57 Å². The van der Waals surface area contributed by atoms with Crippen molar-refractivity contribution < 1.29 is 29.7 Å². The molecule has 0 aliphatic carbocycles. The summed E-state index contributed by atoms with van der Waals surface area (Å²) < 4.78 is 8.46. The third kappa shape index (κ3) is 2.21. The highest BCUT2D eigenvalue weighted by molar-refractivity contribution is 5.79. The molecule has 3 heterocycles. The van der Waals surface area contributed by atoms with Crippen molar-refractivity contribution in [3.63, 3.8) is 0 Å². The normalized spacial score (nSPS) is 28.5. The van der Waals surface area contributed by atoms with Crippen molar-refractivity contribution in [1.82, 2.24) is 14.5 Å². The van der Waals surface area contributed by atoms with Crippen LogP contribution in [0.3, 0.4) is 0 Å². The Morgan fingerprint density at radius 1 is 1.27 bits per heavy atom. The van der Waals surface area contributed by atoms with Gasteiger partial charge in [0.1, 0.15) is 24.6 Å². The number of fused-ring (bicyclic) bond motifs is 1.